The number of carbonyl (C=O) groups is 2. The van der Waals surface area contributed by atoms with Gasteiger partial charge in [-0.25, -0.2) is 10.2 Å². The smallest absolute Gasteiger partial charge is 0.343 e. The molecule has 0 aromatic heterocycles. The predicted octanol–water partition coefficient (Wildman–Crippen LogP) is 4.74. The third-order valence-corrected chi connectivity index (χ3v) is 5.14. The highest BCUT2D eigenvalue weighted by Gasteiger charge is 2.15. The number of non-ortho nitro benzene ring substituents is 1. The van der Waals surface area contributed by atoms with Crippen LogP contribution in [0.2, 0.25) is 0 Å². The van der Waals surface area contributed by atoms with E-state index in [-0.39, 0.29) is 17.0 Å². The fraction of sp³-hybridized carbons (Fsp3) is 0.0385. The van der Waals surface area contributed by atoms with E-state index in [1.165, 1.54) is 31.5 Å². The summed E-state index contributed by atoms with van der Waals surface area (Å²) in [7, 11) is 1.53. The van der Waals surface area contributed by atoms with Gasteiger partial charge in [-0.15, -0.1) is 0 Å². The maximum absolute atomic E-state index is 12.7. The van der Waals surface area contributed by atoms with Crippen molar-refractivity contribution in [3.63, 3.8) is 0 Å². The molecule has 0 radical (unpaired) electrons. The largest absolute Gasteiger partial charge is 0.497 e. The second-order valence-corrected chi connectivity index (χ2v) is 7.32. The van der Waals surface area contributed by atoms with Gasteiger partial charge in [-0.05, 0) is 47.2 Å². The minimum absolute atomic E-state index is 0.0837. The number of esters is 1. The highest BCUT2D eigenvalue weighted by Crippen LogP contribution is 2.27. The van der Waals surface area contributed by atoms with E-state index < -0.39 is 16.8 Å². The SMILES string of the molecule is COc1ccc(C(=O)Oc2ccc3ccccc3c2C=NNC(=O)c2cccc([N+](=O)[O-])c2)cc1. The van der Waals surface area contributed by atoms with E-state index in [2.05, 4.69) is 10.5 Å². The van der Waals surface area contributed by atoms with Crippen LogP contribution in [0, 0.1) is 10.1 Å². The molecule has 0 aliphatic rings. The molecule has 4 aromatic carbocycles. The molecule has 4 rings (SSSR count). The summed E-state index contributed by atoms with van der Waals surface area (Å²) >= 11 is 0. The Morgan fingerprint density at radius 3 is 2.46 bits per heavy atom. The zero-order chi connectivity index (χ0) is 24.8. The van der Waals surface area contributed by atoms with Gasteiger partial charge >= 0.3 is 5.97 Å². The molecule has 35 heavy (non-hydrogen) atoms. The minimum Gasteiger partial charge on any atom is -0.497 e. The zero-order valence-electron chi connectivity index (χ0n) is 18.5. The molecule has 0 aliphatic heterocycles. The molecule has 4 aromatic rings. The number of hydrogen-bond acceptors (Lipinski definition) is 7. The molecule has 1 N–H and O–H groups in total. The Hall–Kier alpha value is -5.05. The Bertz CT molecular complexity index is 1450. The summed E-state index contributed by atoms with van der Waals surface area (Å²) < 4.78 is 10.7. The second-order valence-electron chi connectivity index (χ2n) is 7.32. The van der Waals surface area contributed by atoms with Gasteiger partial charge in [0.05, 0.1) is 23.8 Å². The highest BCUT2D eigenvalue weighted by molar-refractivity contribution is 6.04. The van der Waals surface area contributed by atoms with E-state index in [1.807, 2.05) is 30.3 Å². The maximum atomic E-state index is 12.7. The topological polar surface area (TPSA) is 120 Å². The molecule has 174 valence electrons. The molecule has 0 aliphatic carbocycles. The summed E-state index contributed by atoms with van der Waals surface area (Å²) in [4.78, 5) is 35.5. The molecule has 9 nitrogen and oxygen atoms in total. The number of nitro groups is 1. The number of rotatable bonds is 7. The number of nitrogens with zero attached hydrogens (tertiary/aromatic N) is 2. The summed E-state index contributed by atoms with van der Waals surface area (Å²) in [5, 5.41) is 16.6. The fourth-order valence-electron chi connectivity index (χ4n) is 3.36. The van der Waals surface area contributed by atoms with Crippen LogP contribution in [0.15, 0.2) is 90.0 Å². The molecular formula is C26H19N3O6. The summed E-state index contributed by atoms with van der Waals surface area (Å²) in [6.07, 6.45) is 1.37. The van der Waals surface area contributed by atoms with Gasteiger partial charge < -0.3 is 9.47 Å². The van der Waals surface area contributed by atoms with Gasteiger partial charge in [0, 0.05) is 23.3 Å². The first kappa shape index (κ1) is 23.1. The van der Waals surface area contributed by atoms with Crippen LogP contribution in [-0.4, -0.2) is 30.1 Å². The first-order valence-electron chi connectivity index (χ1n) is 10.4. The van der Waals surface area contributed by atoms with Gasteiger partial charge in [0.2, 0.25) is 0 Å². The van der Waals surface area contributed by atoms with Gasteiger partial charge in [-0.1, -0.05) is 36.4 Å². The number of fused-ring (bicyclic) bond motifs is 1. The average Bonchev–Trinajstić information content (AvgIpc) is 2.89. The van der Waals surface area contributed by atoms with Crippen LogP contribution >= 0.6 is 0 Å². The average molecular weight is 469 g/mol. The van der Waals surface area contributed by atoms with Crippen molar-refractivity contribution < 1.29 is 24.0 Å². The predicted molar refractivity (Wildman–Crippen MR) is 130 cm³/mol. The van der Waals surface area contributed by atoms with Crippen LogP contribution in [0.1, 0.15) is 26.3 Å². The lowest BCUT2D eigenvalue weighted by molar-refractivity contribution is -0.384. The first-order valence-corrected chi connectivity index (χ1v) is 10.4. The van der Waals surface area contributed by atoms with E-state index in [9.17, 15) is 19.7 Å². The van der Waals surface area contributed by atoms with Crippen molar-refractivity contribution in [1.82, 2.24) is 5.43 Å². The van der Waals surface area contributed by atoms with Crippen molar-refractivity contribution in [2.75, 3.05) is 7.11 Å². The van der Waals surface area contributed by atoms with Gasteiger partial charge in [0.1, 0.15) is 11.5 Å². The Morgan fingerprint density at radius 1 is 0.943 bits per heavy atom. The van der Waals surface area contributed by atoms with E-state index in [0.717, 1.165) is 16.8 Å². The Labute approximate surface area is 199 Å². The lowest BCUT2D eigenvalue weighted by Gasteiger charge is -2.11. The molecule has 9 heteroatoms. The molecule has 1 amide bonds. The van der Waals surface area contributed by atoms with Crippen LogP contribution in [0.3, 0.4) is 0 Å². The normalized spacial score (nSPS) is 10.8. The number of amides is 1. The standard InChI is InChI=1S/C26H19N3O6/c1-34-21-12-9-18(10-13-21)26(31)35-24-14-11-17-5-2-3-8-22(17)23(24)16-27-28-25(30)19-6-4-7-20(15-19)29(32)33/h2-16H,1H3,(H,28,30). The number of nitro benzene ring substituents is 1. The van der Waals surface area contributed by atoms with Crippen molar-refractivity contribution in [2.45, 2.75) is 0 Å². The summed E-state index contributed by atoms with van der Waals surface area (Å²) in [5.74, 6) is -0.336. The van der Waals surface area contributed by atoms with E-state index in [1.54, 1.807) is 30.3 Å². The Morgan fingerprint density at radius 2 is 1.71 bits per heavy atom. The molecule has 0 atom stereocenters. The minimum atomic E-state index is -0.623. The van der Waals surface area contributed by atoms with Crippen molar-refractivity contribution in [1.29, 1.82) is 0 Å². The second kappa shape index (κ2) is 10.3. The molecule has 0 unspecified atom stereocenters. The van der Waals surface area contributed by atoms with Crippen LogP contribution in [0.4, 0.5) is 5.69 Å². The third-order valence-electron chi connectivity index (χ3n) is 5.14. The number of nitrogens with one attached hydrogen (secondary N) is 1. The van der Waals surface area contributed by atoms with Gasteiger partial charge in [-0.2, -0.15) is 5.10 Å². The van der Waals surface area contributed by atoms with Crippen LogP contribution in [0.25, 0.3) is 10.8 Å². The number of methoxy groups -OCH3 is 1. The van der Waals surface area contributed by atoms with Gasteiger partial charge in [0.25, 0.3) is 11.6 Å². The van der Waals surface area contributed by atoms with Crippen molar-refractivity contribution in [3.8, 4) is 11.5 Å². The monoisotopic (exact) mass is 469 g/mol. The molecule has 0 heterocycles. The number of ether oxygens (including phenoxy) is 2. The summed E-state index contributed by atoms with van der Waals surface area (Å²) in [6, 6.07) is 22.7. The number of hydrogen-bond donors (Lipinski definition) is 1. The maximum Gasteiger partial charge on any atom is 0.343 e. The highest BCUT2D eigenvalue weighted by atomic mass is 16.6. The van der Waals surface area contributed by atoms with Crippen molar-refractivity contribution >= 4 is 34.6 Å². The van der Waals surface area contributed by atoms with E-state index >= 15 is 0 Å². The van der Waals surface area contributed by atoms with Crippen LogP contribution < -0.4 is 14.9 Å². The number of hydrazone groups is 1. The van der Waals surface area contributed by atoms with E-state index in [4.69, 9.17) is 9.47 Å². The van der Waals surface area contributed by atoms with Crippen molar-refractivity contribution in [2.24, 2.45) is 5.10 Å². The molecular weight excluding hydrogens is 450 g/mol. The van der Waals surface area contributed by atoms with E-state index in [0.29, 0.717) is 16.9 Å². The quantitative estimate of drug-likeness (QED) is 0.137. The van der Waals surface area contributed by atoms with Gasteiger partial charge in [0.15, 0.2) is 0 Å². The third kappa shape index (κ3) is 5.31. The Kier molecular flexibility index (Phi) is 6.78. The van der Waals surface area contributed by atoms with Crippen molar-refractivity contribution in [3.05, 3.63) is 112 Å². The number of benzene rings is 4. The first-order chi connectivity index (χ1) is 17.0. The van der Waals surface area contributed by atoms with Crippen LogP contribution in [-0.2, 0) is 0 Å². The molecule has 0 spiro atoms. The number of carbonyl (C=O) groups excluding carboxylic acids is 2. The lowest BCUT2D eigenvalue weighted by atomic mass is 10.0. The summed E-state index contributed by atoms with van der Waals surface area (Å²) in [6.45, 7) is 0. The fourth-order valence-corrected chi connectivity index (χ4v) is 3.36. The summed E-state index contributed by atoms with van der Waals surface area (Å²) in [5.41, 5.74) is 3.05. The van der Waals surface area contributed by atoms with Crippen LogP contribution in [0.5, 0.6) is 11.5 Å². The molecule has 0 bridgehead atoms. The molecule has 0 saturated heterocycles. The molecule has 0 saturated carbocycles. The Balaban J connectivity index is 1.60. The lowest BCUT2D eigenvalue weighted by Crippen LogP contribution is -2.18. The molecule has 0 fully saturated rings. The van der Waals surface area contributed by atoms with Gasteiger partial charge in [-0.3, -0.25) is 14.9 Å². The zero-order valence-corrected chi connectivity index (χ0v) is 18.5.